The molecule has 39 heavy (non-hydrogen) atoms. The monoisotopic (exact) mass is 512 g/mol. The van der Waals surface area contributed by atoms with Gasteiger partial charge in [-0.1, -0.05) is 126 Å². The Hall–Kier alpha value is -3.91. The molecular formula is C37H40N2. The molecule has 0 spiro atoms. The standard InChI is InChI=1S/C37H40N2/c1-7-29-32(27-17-11-9-12-18-27)25-33(28-19-13-10-14-20-28)30(8-2)35(29)39-24-23-38-36(39)31-21-15-16-22-34(31)37(5,6)26(3)4/h9-26H,7-8H2,1-6H3. The molecule has 0 atom stereocenters. The lowest BCUT2D eigenvalue weighted by atomic mass is 9.73. The Labute approximate surface area is 234 Å². The van der Waals surface area contributed by atoms with E-state index in [2.05, 4.69) is 143 Å². The molecule has 0 aliphatic carbocycles. The number of benzene rings is 4. The molecule has 1 aromatic heterocycles. The van der Waals surface area contributed by atoms with Gasteiger partial charge >= 0.3 is 0 Å². The third-order valence-corrected chi connectivity index (χ3v) is 8.57. The molecule has 2 heteroatoms. The van der Waals surface area contributed by atoms with Gasteiger partial charge in [0.2, 0.25) is 0 Å². The summed E-state index contributed by atoms with van der Waals surface area (Å²) >= 11 is 0. The summed E-state index contributed by atoms with van der Waals surface area (Å²) in [5.74, 6) is 1.50. The van der Waals surface area contributed by atoms with Gasteiger partial charge in [0.15, 0.2) is 0 Å². The number of rotatable bonds is 8. The van der Waals surface area contributed by atoms with Gasteiger partial charge in [-0.3, -0.25) is 4.57 Å². The molecule has 0 N–H and O–H groups in total. The van der Waals surface area contributed by atoms with Gasteiger partial charge in [-0.25, -0.2) is 4.98 Å². The van der Waals surface area contributed by atoms with Crippen LogP contribution in [0, 0.1) is 5.92 Å². The molecule has 2 nitrogen and oxygen atoms in total. The molecule has 4 aromatic carbocycles. The first kappa shape index (κ1) is 26.7. The quantitative estimate of drug-likeness (QED) is 0.202. The van der Waals surface area contributed by atoms with Crippen molar-refractivity contribution in [1.29, 1.82) is 0 Å². The summed E-state index contributed by atoms with van der Waals surface area (Å²) in [6.45, 7) is 13.9. The third-order valence-electron chi connectivity index (χ3n) is 8.57. The number of hydrogen-bond acceptors (Lipinski definition) is 1. The fourth-order valence-electron chi connectivity index (χ4n) is 5.75. The predicted molar refractivity (Wildman–Crippen MR) is 166 cm³/mol. The normalized spacial score (nSPS) is 11.8. The minimum Gasteiger partial charge on any atom is -0.299 e. The second-order valence-corrected chi connectivity index (χ2v) is 11.3. The van der Waals surface area contributed by atoms with E-state index in [-0.39, 0.29) is 5.41 Å². The highest BCUT2D eigenvalue weighted by Crippen LogP contribution is 2.42. The van der Waals surface area contributed by atoms with Crippen LogP contribution in [-0.2, 0) is 18.3 Å². The maximum Gasteiger partial charge on any atom is 0.144 e. The highest BCUT2D eigenvalue weighted by molar-refractivity contribution is 5.84. The highest BCUT2D eigenvalue weighted by Gasteiger charge is 2.29. The molecule has 0 saturated carbocycles. The van der Waals surface area contributed by atoms with E-state index in [1.54, 1.807) is 0 Å². The molecule has 198 valence electrons. The Morgan fingerprint density at radius 2 is 1.21 bits per heavy atom. The number of hydrogen-bond donors (Lipinski definition) is 0. The fourth-order valence-corrected chi connectivity index (χ4v) is 5.75. The van der Waals surface area contributed by atoms with Crippen molar-refractivity contribution < 1.29 is 0 Å². The zero-order chi connectivity index (χ0) is 27.6. The molecule has 0 unspecified atom stereocenters. The Morgan fingerprint density at radius 1 is 0.692 bits per heavy atom. The predicted octanol–water partition coefficient (Wildman–Crippen LogP) is 9.93. The summed E-state index contributed by atoms with van der Waals surface area (Å²) in [6, 6.07) is 32.9. The van der Waals surface area contributed by atoms with Crippen molar-refractivity contribution in [2.45, 2.75) is 59.8 Å². The molecular weight excluding hydrogens is 472 g/mol. The van der Waals surface area contributed by atoms with Crippen LogP contribution in [0.1, 0.15) is 58.2 Å². The number of imidazole rings is 1. The summed E-state index contributed by atoms with van der Waals surface area (Å²) in [5, 5.41) is 0. The SMILES string of the molecule is CCc1c(-c2ccccc2)cc(-c2ccccc2)c(CC)c1-n1ccnc1-c1ccccc1C(C)(C)C(C)C. The van der Waals surface area contributed by atoms with E-state index < -0.39 is 0 Å². The van der Waals surface area contributed by atoms with Crippen LogP contribution in [0.15, 0.2) is 103 Å². The zero-order valence-electron chi connectivity index (χ0n) is 24.2. The molecule has 5 rings (SSSR count). The van der Waals surface area contributed by atoms with Gasteiger partial charge in [-0.2, -0.15) is 0 Å². The highest BCUT2D eigenvalue weighted by atomic mass is 15.1. The minimum atomic E-state index is 0.00956. The Balaban J connectivity index is 1.86. The smallest absolute Gasteiger partial charge is 0.144 e. The first-order valence-corrected chi connectivity index (χ1v) is 14.3. The van der Waals surface area contributed by atoms with Gasteiger partial charge in [0.1, 0.15) is 5.82 Å². The zero-order valence-corrected chi connectivity index (χ0v) is 24.2. The first-order valence-electron chi connectivity index (χ1n) is 14.3. The van der Waals surface area contributed by atoms with Crippen LogP contribution in [0.5, 0.6) is 0 Å². The van der Waals surface area contributed by atoms with Crippen LogP contribution in [0.2, 0.25) is 0 Å². The molecule has 5 aromatic rings. The van der Waals surface area contributed by atoms with Crippen LogP contribution in [0.25, 0.3) is 39.3 Å². The maximum atomic E-state index is 5.01. The van der Waals surface area contributed by atoms with E-state index in [1.807, 2.05) is 6.20 Å². The summed E-state index contributed by atoms with van der Waals surface area (Å²) in [5.41, 5.74) is 11.6. The second kappa shape index (κ2) is 11.1. The van der Waals surface area contributed by atoms with Gasteiger partial charge in [-0.05, 0) is 69.2 Å². The lowest BCUT2D eigenvalue weighted by Crippen LogP contribution is -2.25. The Morgan fingerprint density at radius 3 is 1.72 bits per heavy atom. The summed E-state index contributed by atoms with van der Waals surface area (Å²) in [7, 11) is 0. The molecule has 0 bridgehead atoms. The van der Waals surface area contributed by atoms with Crippen LogP contribution >= 0.6 is 0 Å². The molecule has 1 heterocycles. The van der Waals surface area contributed by atoms with E-state index in [1.165, 1.54) is 50.2 Å². The lowest BCUT2D eigenvalue weighted by Gasteiger charge is -2.32. The average molecular weight is 513 g/mol. The second-order valence-electron chi connectivity index (χ2n) is 11.3. The van der Waals surface area contributed by atoms with Gasteiger partial charge in [0, 0.05) is 18.0 Å². The molecule has 0 aliphatic heterocycles. The molecule has 0 saturated heterocycles. The molecule has 0 amide bonds. The van der Waals surface area contributed by atoms with Crippen LogP contribution in [0.3, 0.4) is 0 Å². The minimum absolute atomic E-state index is 0.00956. The van der Waals surface area contributed by atoms with Crippen molar-refractivity contribution in [2.75, 3.05) is 0 Å². The summed E-state index contributed by atoms with van der Waals surface area (Å²) in [6.07, 6.45) is 5.98. The van der Waals surface area contributed by atoms with Gasteiger partial charge in [-0.15, -0.1) is 0 Å². The van der Waals surface area contributed by atoms with E-state index in [9.17, 15) is 0 Å². The van der Waals surface area contributed by atoms with E-state index in [0.29, 0.717) is 5.92 Å². The fraction of sp³-hybridized carbons (Fsp3) is 0.270. The number of aromatic nitrogens is 2. The molecule has 0 radical (unpaired) electrons. The maximum absolute atomic E-state index is 5.01. The topological polar surface area (TPSA) is 17.8 Å². The van der Waals surface area contributed by atoms with Crippen molar-refractivity contribution in [3.05, 3.63) is 120 Å². The van der Waals surface area contributed by atoms with E-state index >= 15 is 0 Å². The van der Waals surface area contributed by atoms with Crippen LogP contribution in [-0.4, -0.2) is 9.55 Å². The lowest BCUT2D eigenvalue weighted by molar-refractivity contribution is 0.373. The van der Waals surface area contributed by atoms with Gasteiger partial charge in [0.05, 0.1) is 5.69 Å². The van der Waals surface area contributed by atoms with Crippen molar-refractivity contribution in [1.82, 2.24) is 9.55 Å². The molecule has 0 fully saturated rings. The average Bonchev–Trinajstić information content (AvgIpc) is 3.46. The first-order chi connectivity index (χ1) is 18.9. The number of nitrogens with zero attached hydrogens (tertiary/aromatic N) is 2. The van der Waals surface area contributed by atoms with Crippen LogP contribution in [0.4, 0.5) is 0 Å². The Kier molecular flexibility index (Phi) is 7.57. The van der Waals surface area contributed by atoms with Gasteiger partial charge < -0.3 is 0 Å². The van der Waals surface area contributed by atoms with E-state index in [4.69, 9.17) is 4.98 Å². The largest absolute Gasteiger partial charge is 0.299 e. The summed E-state index contributed by atoms with van der Waals surface area (Å²) < 4.78 is 2.37. The van der Waals surface area contributed by atoms with Crippen molar-refractivity contribution in [3.63, 3.8) is 0 Å². The third kappa shape index (κ3) is 4.85. The van der Waals surface area contributed by atoms with Crippen molar-refractivity contribution >= 4 is 0 Å². The molecule has 0 aliphatic rings. The van der Waals surface area contributed by atoms with Crippen molar-refractivity contribution in [3.8, 4) is 39.3 Å². The van der Waals surface area contributed by atoms with Gasteiger partial charge in [0.25, 0.3) is 0 Å². The Bertz CT molecular complexity index is 1490. The van der Waals surface area contributed by atoms with Crippen LogP contribution < -0.4 is 0 Å². The van der Waals surface area contributed by atoms with Crippen molar-refractivity contribution in [2.24, 2.45) is 5.92 Å². The van der Waals surface area contributed by atoms with E-state index in [0.717, 1.165) is 18.7 Å². The summed E-state index contributed by atoms with van der Waals surface area (Å²) in [4.78, 5) is 5.01.